The molecule has 0 bridgehead atoms. The van der Waals surface area contributed by atoms with Crippen molar-refractivity contribution >= 4 is 26.9 Å². The van der Waals surface area contributed by atoms with Gasteiger partial charge in [0.15, 0.2) is 0 Å². The highest BCUT2D eigenvalue weighted by Crippen LogP contribution is 2.38. The fourth-order valence-electron chi connectivity index (χ4n) is 4.21. The van der Waals surface area contributed by atoms with E-state index < -0.39 is 15.5 Å². The topological polar surface area (TPSA) is 101 Å². The molecule has 0 spiro atoms. The third-order valence-electron chi connectivity index (χ3n) is 5.53. The van der Waals surface area contributed by atoms with Gasteiger partial charge < -0.3 is 10.4 Å². The molecule has 0 radical (unpaired) electrons. The molecule has 1 heterocycles. The zero-order valence-corrected chi connectivity index (χ0v) is 18.3. The number of thiazole rings is 1. The van der Waals surface area contributed by atoms with Crippen LogP contribution in [0.1, 0.15) is 59.6 Å². The molecule has 0 amide bonds. The van der Waals surface area contributed by atoms with Gasteiger partial charge in [0, 0.05) is 5.69 Å². The molecule has 8 heteroatoms. The number of benzene rings is 1. The first-order valence-corrected chi connectivity index (χ1v) is 12.2. The molecule has 0 saturated carbocycles. The molecule has 0 aliphatic heterocycles. The van der Waals surface area contributed by atoms with E-state index in [1.807, 2.05) is 0 Å². The molecule has 2 aliphatic rings. The van der Waals surface area contributed by atoms with Gasteiger partial charge in [-0.1, -0.05) is 6.07 Å². The number of aryl methyl sites for hydroxylation is 3. The van der Waals surface area contributed by atoms with E-state index in [-0.39, 0.29) is 6.67 Å². The second-order valence-corrected chi connectivity index (χ2v) is 11.3. The summed E-state index contributed by atoms with van der Waals surface area (Å²) < 4.78 is 17.8. The Balaban J connectivity index is 1.61. The fourth-order valence-corrected chi connectivity index (χ4v) is 6.73. The van der Waals surface area contributed by atoms with E-state index in [9.17, 15) is 9.32 Å². The zero-order chi connectivity index (χ0) is 20.1. The highest BCUT2D eigenvalue weighted by atomic mass is 32.2. The van der Waals surface area contributed by atoms with E-state index in [0.717, 1.165) is 25.7 Å². The molecule has 1 unspecified atom stereocenters. The van der Waals surface area contributed by atoms with E-state index in [2.05, 4.69) is 20.7 Å². The molecule has 4 N–H and O–H groups in total. The van der Waals surface area contributed by atoms with Crippen molar-refractivity contribution < 1.29 is 9.32 Å². The van der Waals surface area contributed by atoms with Gasteiger partial charge in [-0.25, -0.2) is 14.3 Å². The summed E-state index contributed by atoms with van der Waals surface area (Å²) in [6, 6.07) is 2.39. The Morgan fingerprint density at radius 3 is 2.39 bits per heavy atom. The first kappa shape index (κ1) is 19.8. The van der Waals surface area contributed by atoms with Crippen molar-refractivity contribution in [2.24, 2.45) is 9.50 Å². The van der Waals surface area contributed by atoms with Crippen LogP contribution in [-0.4, -0.2) is 21.0 Å². The van der Waals surface area contributed by atoms with Crippen LogP contribution in [0.5, 0.6) is 0 Å². The minimum absolute atomic E-state index is 0.202. The molecule has 152 valence electrons. The van der Waals surface area contributed by atoms with Gasteiger partial charge in [-0.2, -0.15) is 4.36 Å². The number of anilines is 1. The Labute approximate surface area is 170 Å². The lowest BCUT2D eigenvalue weighted by Crippen LogP contribution is -2.15. The first-order valence-electron chi connectivity index (χ1n) is 9.78. The summed E-state index contributed by atoms with van der Waals surface area (Å²) in [6.45, 7) is 5.27. The zero-order valence-electron chi connectivity index (χ0n) is 16.7. The van der Waals surface area contributed by atoms with Gasteiger partial charge in [0.2, 0.25) is 0 Å². The van der Waals surface area contributed by atoms with Crippen LogP contribution in [0.3, 0.4) is 0 Å². The number of nitrogens with zero attached hydrogens (tertiary/aromatic N) is 2. The van der Waals surface area contributed by atoms with Crippen molar-refractivity contribution in [2.45, 2.75) is 69.1 Å². The van der Waals surface area contributed by atoms with Crippen molar-refractivity contribution in [3.63, 3.8) is 0 Å². The predicted octanol–water partition coefficient (Wildman–Crippen LogP) is 3.43. The number of nitrogens with two attached hydrogens (primary N) is 1. The Bertz CT molecular complexity index is 1010. The molecular weight excluding hydrogens is 392 g/mol. The fraction of sp³-hybridized carbons (Fsp3) is 0.550. The van der Waals surface area contributed by atoms with Gasteiger partial charge in [-0.15, -0.1) is 11.3 Å². The normalized spacial score (nSPS) is 17.9. The van der Waals surface area contributed by atoms with E-state index in [4.69, 9.17) is 5.14 Å². The number of rotatable bonds is 5. The first-order chi connectivity index (χ1) is 13.2. The van der Waals surface area contributed by atoms with Gasteiger partial charge in [0.1, 0.15) is 31.4 Å². The smallest absolute Gasteiger partial charge is 0.148 e. The number of hydrogen-bond acceptors (Lipinski definition) is 6. The van der Waals surface area contributed by atoms with Crippen molar-refractivity contribution in [1.29, 1.82) is 0 Å². The quantitative estimate of drug-likeness (QED) is 0.690. The van der Waals surface area contributed by atoms with Gasteiger partial charge in [0.25, 0.3) is 0 Å². The number of nitrogens with one attached hydrogen (secondary N) is 1. The molecule has 1 atom stereocenters. The maximum absolute atomic E-state index is 13.1. The summed E-state index contributed by atoms with van der Waals surface area (Å²) in [7, 11) is -3.07. The maximum atomic E-state index is 13.1. The van der Waals surface area contributed by atoms with E-state index >= 15 is 0 Å². The number of hydrogen-bond donors (Lipinski definition) is 3. The number of aliphatic hydroxyl groups is 1. The van der Waals surface area contributed by atoms with Crippen molar-refractivity contribution in [3.8, 4) is 0 Å². The summed E-state index contributed by atoms with van der Waals surface area (Å²) in [4.78, 5) is 4.34. The average molecular weight is 421 g/mol. The van der Waals surface area contributed by atoms with Crippen LogP contribution >= 0.6 is 11.3 Å². The number of fused-ring (bicyclic) bond motifs is 2. The van der Waals surface area contributed by atoms with E-state index in [1.54, 1.807) is 20.8 Å². The highest BCUT2D eigenvalue weighted by molar-refractivity contribution is 7.93. The largest absolute Gasteiger partial charge is 0.383 e. The second-order valence-electron chi connectivity index (χ2n) is 8.22. The third-order valence-corrected chi connectivity index (χ3v) is 9.10. The van der Waals surface area contributed by atoms with E-state index in [0.29, 0.717) is 14.9 Å². The van der Waals surface area contributed by atoms with Gasteiger partial charge in [0.05, 0.1) is 5.69 Å². The van der Waals surface area contributed by atoms with Crippen LogP contribution in [0.25, 0.3) is 0 Å². The third kappa shape index (κ3) is 3.58. The summed E-state index contributed by atoms with van der Waals surface area (Å²) >= 11 is 1.18. The average Bonchev–Trinajstić information content (AvgIpc) is 3.31. The summed E-state index contributed by atoms with van der Waals surface area (Å²) in [5.41, 5.74) is 6.37. The SMILES string of the molecule is Cc1nc(C(C)(C)O)sc1S(N)(=O)=NCNc1c2c(cc3c1CCC3)CCC2. The molecule has 28 heavy (non-hydrogen) atoms. The molecule has 0 saturated heterocycles. The Morgan fingerprint density at radius 2 is 1.86 bits per heavy atom. The lowest BCUT2D eigenvalue weighted by Gasteiger charge is -2.16. The van der Waals surface area contributed by atoms with Crippen molar-refractivity contribution in [1.82, 2.24) is 4.98 Å². The summed E-state index contributed by atoms with van der Waals surface area (Å²) in [5.74, 6) is 0. The molecule has 2 aromatic rings. The van der Waals surface area contributed by atoms with E-state index in [1.165, 1.54) is 52.1 Å². The predicted molar refractivity (Wildman–Crippen MR) is 114 cm³/mol. The Morgan fingerprint density at radius 1 is 1.25 bits per heavy atom. The van der Waals surface area contributed by atoms with Crippen molar-refractivity contribution in [3.05, 3.63) is 39.0 Å². The minimum Gasteiger partial charge on any atom is -0.383 e. The van der Waals surface area contributed by atoms with Gasteiger partial charge in [-0.05, 0) is 81.5 Å². The maximum Gasteiger partial charge on any atom is 0.148 e. The highest BCUT2D eigenvalue weighted by Gasteiger charge is 2.26. The lowest BCUT2D eigenvalue weighted by molar-refractivity contribution is 0.0781. The van der Waals surface area contributed by atoms with Crippen LogP contribution < -0.4 is 10.5 Å². The molecule has 0 fully saturated rings. The van der Waals surface area contributed by atoms with Crippen LogP contribution in [0, 0.1) is 6.92 Å². The molecule has 1 aromatic heterocycles. The van der Waals surface area contributed by atoms with Crippen LogP contribution in [-0.2, 0) is 41.2 Å². The molecule has 4 rings (SSSR count). The molecule has 1 aromatic carbocycles. The summed E-state index contributed by atoms with van der Waals surface area (Å²) in [6.07, 6.45) is 6.84. The number of aromatic nitrogens is 1. The summed E-state index contributed by atoms with van der Waals surface area (Å²) in [5, 5.41) is 20.2. The lowest BCUT2D eigenvalue weighted by atomic mass is 9.99. The minimum atomic E-state index is -3.07. The van der Waals surface area contributed by atoms with Crippen molar-refractivity contribution in [2.75, 3.05) is 12.0 Å². The monoisotopic (exact) mass is 420 g/mol. The molecular formula is C20H28N4O2S2. The van der Waals surface area contributed by atoms with Gasteiger partial charge >= 0.3 is 0 Å². The van der Waals surface area contributed by atoms with Gasteiger partial charge in [-0.3, -0.25) is 0 Å². The molecule has 6 nitrogen and oxygen atoms in total. The Kier molecular flexibility index (Phi) is 5.02. The van der Waals surface area contributed by atoms with Crippen LogP contribution in [0.4, 0.5) is 5.69 Å². The van der Waals surface area contributed by atoms with Crippen LogP contribution in [0.2, 0.25) is 0 Å². The van der Waals surface area contributed by atoms with Crippen LogP contribution in [0.15, 0.2) is 14.6 Å². The standard InChI is InChI=1S/C20H28N4O2S2/c1-12-18(27-19(24-12)20(2,3)25)28(21,26)23-11-22-17-15-8-4-6-13(15)10-14-7-5-9-16(14)17/h10,22,25H,4-9,11H2,1-3H3,(H2,21,23,26). The molecule has 2 aliphatic carbocycles. The second kappa shape index (κ2) is 7.09. The Hall–Kier alpha value is -1.48.